The molecule has 0 aromatic carbocycles. The van der Waals surface area contributed by atoms with Gasteiger partial charge < -0.3 is 14.2 Å². The first-order valence-electron chi connectivity index (χ1n) is 6.36. The third-order valence-electron chi connectivity index (χ3n) is 3.84. The Morgan fingerprint density at radius 3 is 3.00 bits per heavy atom. The maximum absolute atomic E-state index is 12.2. The van der Waals surface area contributed by atoms with E-state index >= 15 is 0 Å². The summed E-state index contributed by atoms with van der Waals surface area (Å²) >= 11 is 0. The van der Waals surface area contributed by atoms with E-state index in [0.29, 0.717) is 5.82 Å². The Bertz CT molecular complexity index is 451. The fourth-order valence-electron chi connectivity index (χ4n) is 2.87. The number of likely N-dealkylation sites (tertiary alicyclic amines) is 1. The Balaban J connectivity index is 1.74. The lowest BCUT2D eigenvalue weighted by Crippen LogP contribution is -2.46. The second-order valence-electron chi connectivity index (χ2n) is 5.28. The summed E-state index contributed by atoms with van der Waals surface area (Å²) in [6, 6.07) is 0. The van der Waals surface area contributed by atoms with Gasteiger partial charge >= 0.3 is 11.8 Å². The first-order chi connectivity index (χ1) is 8.69. The minimum Gasteiger partial charge on any atom is -0.381 e. The largest absolute Gasteiger partial charge is 0.381 e. The van der Waals surface area contributed by atoms with Crippen molar-refractivity contribution in [2.24, 2.45) is 5.41 Å². The zero-order valence-corrected chi connectivity index (χ0v) is 10.5. The van der Waals surface area contributed by atoms with E-state index in [-0.39, 0.29) is 17.2 Å². The van der Waals surface area contributed by atoms with Crippen LogP contribution in [0.15, 0.2) is 4.52 Å². The van der Waals surface area contributed by atoms with E-state index in [9.17, 15) is 4.79 Å². The zero-order chi connectivity index (χ0) is 12.6. The van der Waals surface area contributed by atoms with Crippen LogP contribution in [0.25, 0.3) is 0 Å². The number of piperidine rings is 1. The van der Waals surface area contributed by atoms with Gasteiger partial charge in [-0.2, -0.15) is 4.98 Å². The molecule has 1 atom stereocenters. The predicted molar refractivity (Wildman–Crippen MR) is 62.0 cm³/mol. The van der Waals surface area contributed by atoms with Crippen LogP contribution in [0, 0.1) is 12.3 Å². The monoisotopic (exact) mass is 251 g/mol. The summed E-state index contributed by atoms with van der Waals surface area (Å²) in [4.78, 5) is 18.1. The van der Waals surface area contributed by atoms with Crippen LogP contribution in [0.1, 0.15) is 35.8 Å². The number of amides is 1. The number of rotatable bonds is 1. The van der Waals surface area contributed by atoms with Gasteiger partial charge in [-0.25, -0.2) is 0 Å². The fourth-order valence-corrected chi connectivity index (χ4v) is 2.87. The van der Waals surface area contributed by atoms with Crippen molar-refractivity contribution in [3.8, 4) is 0 Å². The molecule has 1 spiro atoms. The number of aromatic nitrogens is 2. The molecule has 2 saturated heterocycles. The number of hydrogen-bond acceptors (Lipinski definition) is 5. The molecule has 0 radical (unpaired) electrons. The van der Waals surface area contributed by atoms with Crippen molar-refractivity contribution in [2.75, 3.05) is 26.3 Å². The Morgan fingerprint density at radius 1 is 1.44 bits per heavy atom. The molecule has 1 amide bonds. The fraction of sp³-hybridized carbons (Fsp3) is 0.750. The van der Waals surface area contributed by atoms with Gasteiger partial charge in [-0.15, -0.1) is 0 Å². The number of aryl methyl sites for hydroxylation is 1. The second-order valence-corrected chi connectivity index (χ2v) is 5.28. The van der Waals surface area contributed by atoms with Crippen molar-refractivity contribution in [1.82, 2.24) is 15.0 Å². The van der Waals surface area contributed by atoms with Gasteiger partial charge in [-0.1, -0.05) is 5.16 Å². The van der Waals surface area contributed by atoms with E-state index in [4.69, 9.17) is 9.26 Å². The van der Waals surface area contributed by atoms with Gasteiger partial charge in [-0.05, 0) is 26.2 Å². The molecule has 1 aromatic heterocycles. The second kappa shape index (κ2) is 4.35. The molecular formula is C12H17N3O3. The Labute approximate surface area is 105 Å². The van der Waals surface area contributed by atoms with Gasteiger partial charge in [0.05, 0.1) is 6.61 Å². The summed E-state index contributed by atoms with van der Waals surface area (Å²) in [5, 5.41) is 3.66. The summed E-state index contributed by atoms with van der Waals surface area (Å²) in [6.45, 7) is 4.79. The van der Waals surface area contributed by atoms with E-state index < -0.39 is 0 Å². The van der Waals surface area contributed by atoms with Gasteiger partial charge in [-0.3, -0.25) is 4.79 Å². The highest BCUT2D eigenvalue weighted by molar-refractivity contribution is 5.89. The highest BCUT2D eigenvalue weighted by Crippen LogP contribution is 2.37. The number of nitrogens with zero attached hydrogens (tertiary/aromatic N) is 3. The van der Waals surface area contributed by atoms with Gasteiger partial charge in [0.15, 0.2) is 5.82 Å². The van der Waals surface area contributed by atoms with Crippen LogP contribution < -0.4 is 0 Å². The van der Waals surface area contributed by atoms with Crippen LogP contribution in [0.5, 0.6) is 0 Å². The molecule has 1 aromatic rings. The molecular weight excluding hydrogens is 234 g/mol. The van der Waals surface area contributed by atoms with Crippen LogP contribution >= 0.6 is 0 Å². The van der Waals surface area contributed by atoms with Gasteiger partial charge in [0.1, 0.15) is 0 Å². The van der Waals surface area contributed by atoms with E-state index in [1.807, 2.05) is 4.90 Å². The van der Waals surface area contributed by atoms with Crippen LogP contribution in [-0.2, 0) is 4.74 Å². The molecule has 0 N–H and O–H groups in total. The lowest BCUT2D eigenvalue weighted by atomic mass is 9.79. The number of hydrogen-bond donors (Lipinski definition) is 0. The topological polar surface area (TPSA) is 68.5 Å². The predicted octanol–water partition coefficient (Wildman–Crippen LogP) is 1.02. The summed E-state index contributed by atoms with van der Waals surface area (Å²) < 4.78 is 10.4. The minimum absolute atomic E-state index is 0.100. The van der Waals surface area contributed by atoms with Crippen LogP contribution in [0.3, 0.4) is 0 Å². The first-order valence-corrected chi connectivity index (χ1v) is 6.36. The van der Waals surface area contributed by atoms with Crippen molar-refractivity contribution in [1.29, 1.82) is 0 Å². The van der Waals surface area contributed by atoms with E-state index in [1.54, 1.807) is 6.92 Å². The lowest BCUT2D eigenvalue weighted by Gasteiger charge is -2.38. The maximum Gasteiger partial charge on any atom is 0.316 e. The number of ether oxygens (including phenoxy) is 1. The lowest BCUT2D eigenvalue weighted by molar-refractivity contribution is 0.0423. The molecule has 18 heavy (non-hydrogen) atoms. The van der Waals surface area contributed by atoms with Crippen LogP contribution in [0.4, 0.5) is 0 Å². The van der Waals surface area contributed by atoms with Crippen molar-refractivity contribution in [2.45, 2.75) is 26.2 Å². The van der Waals surface area contributed by atoms with Gasteiger partial charge in [0.2, 0.25) is 0 Å². The molecule has 0 bridgehead atoms. The molecule has 3 rings (SSSR count). The molecule has 6 nitrogen and oxygen atoms in total. The maximum atomic E-state index is 12.2. The molecule has 98 valence electrons. The molecule has 2 aliphatic rings. The average Bonchev–Trinajstić information content (AvgIpc) is 2.98. The number of carbonyl (C=O) groups excluding carboxylic acids is 1. The SMILES string of the molecule is Cc1noc(C(=O)N2CCCC3(CCOC3)C2)n1. The molecule has 3 heterocycles. The quantitative estimate of drug-likeness (QED) is 0.745. The first kappa shape index (κ1) is 11.6. The van der Waals surface area contributed by atoms with Crippen molar-refractivity contribution < 1.29 is 14.1 Å². The Hall–Kier alpha value is -1.43. The minimum atomic E-state index is -0.151. The average molecular weight is 251 g/mol. The van der Waals surface area contributed by atoms with Crippen molar-refractivity contribution in [3.63, 3.8) is 0 Å². The smallest absolute Gasteiger partial charge is 0.316 e. The zero-order valence-electron chi connectivity index (χ0n) is 10.5. The molecule has 2 fully saturated rings. The molecule has 0 saturated carbocycles. The van der Waals surface area contributed by atoms with E-state index in [2.05, 4.69) is 10.1 Å². The summed E-state index contributed by atoms with van der Waals surface area (Å²) in [6.07, 6.45) is 3.20. The highest BCUT2D eigenvalue weighted by atomic mass is 16.5. The van der Waals surface area contributed by atoms with Crippen molar-refractivity contribution in [3.05, 3.63) is 11.7 Å². The van der Waals surface area contributed by atoms with Gasteiger partial charge in [0, 0.05) is 25.1 Å². The third kappa shape index (κ3) is 2.01. The van der Waals surface area contributed by atoms with Crippen LogP contribution in [-0.4, -0.2) is 47.3 Å². The Kier molecular flexibility index (Phi) is 2.81. The molecule has 2 aliphatic heterocycles. The Morgan fingerprint density at radius 2 is 2.33 bits per heavy atom. The normalized spacial score (nSPS) is 27.9. The van der Waals surface area contributed by atoms with Crippen LogP contribution in [0.2, 0.25) is 0 Å². The molecule has 6 heteroatoms. The van der Waals surface area contributed by atoms with Gasteiger partial charge in [0.25, 0.3) is 0 Å². The summed E-state index contributed by atoms with van der Waals surface area (Å²) in [7, 11) is 0. The number of carbonyl (C=O) groups is 1. The summed E-state index contributed by atoms with van der Waals surface area (Å²) in [5.74, 6) is 0.444. The van der Waals surface area contributed by atoms with E-state index in [0.717, 1.165) is 45.6 Å². The standard InChI is InChI=1S/C12H17N3O3/c1-9-13-10(18-14-9)11(16)15-5-2-3-12(7-15)4-6-17-8-12/h2-8H2,1H3. The van der Waals surface area contributed by atoms with E-state index in [1.165, 1.54) is 0 Å². The highest BCUT2D eigenvalue weighted by Gasteiger charge is 2.41. The molecule has 0 aliphatic carbocycles. The van der Waals surface area contributed by atoms with Crippen molar-refractivity contribution >= 4 is 5.91 Å². The third-order valence-corrected chi connectivity index (χ3v) is 3.84. The molecule has 1 unspecified atom stereocenters. The summed E-state index contributed by atoms with van der Waals surface area (Å²) in [5.41, 5.74) is 0.156.